The van der Waals surface area contributed by atoms with Gasteiger partial charge in [-0.05, 0) is 30.4 Å². The standard InChI is InChI=1S/C14H22O2/c1-4-16-10-14(15)13-7-5-12(6-8-13)9-11(2)3/h5-8,11,14-15H,4,9-10H2,1-3H3. The number of hydrogen-bond acceptors (Lipinski definition) is 2. The van der Waals surface area contributed by atoms with Crippen LogP contribution >= 0.6 is 0 Å². The molecule has 0 saturated carbocycles. The van der Waals surface area contributed by atoms with Gasteiger partial charge in [0, 0.05) is 6.61 Å². The van der Waals surface area contributed by atoms with E-state index < -0.39 is 6.10 Å². The third-order valence-electron chi connectivity index (χ3n) is 2.49. The van der Waals surface area contributed by atoms with E-state index in [0.29, 0.717) is 19.1 Å². The summed E-state index contributed by atoms with van der Waals surface area (Å²) < 4.78 is 5.19. The molecule has 2 nitrogen and oxygen atoms in total. The molecule has 2 heteroatoms. The highest BCUT2D eigenvalue weighted by Gasteiger charge is 2.07. The molecule has 16 heavy (non-hydrogen) atoms. The minimum absolute atomic E-state index is 0.375. The van der Waals surface area contributed by atoms with Crippen LogP contribution in [0.1, 0.15) is 38.0 Å². The van der Waals surface area contributed by atoms with Gasteiger partial charge in [-0.3, -0.25) is 0 Å². The molecule has 0 aliphatic carbocycles. The predicted octanol–water partition coefficient (Wildman–Crippen LogP) is 2.96. The molecule has 0 saturated heterocycles. The molecule has 90 valence electrons. The zero-order chi connectivity index (χ0) is 12.0. The Labute approximate surface area is 98.3 Å². The van der Waals surface area contributed by atoms with Crippen LogP contribution in [0.15, 0.2) is 24.3 Å². The molecule has 1 aromatic rings. The van der Waals surface area contributed by atoms with Crippen LogP contribution in [0.2, 0.25) is 0 Å². The van der Waals surface area contributed by atoms with Gasteiger partial charge in [0.2, 0.25) is 0 Å². The SMILES string of the molecule is CCOCC(O)c1ccc(CC(C)C)cc1. The summed E-state index contributed by atoms with van der Waals surface area (Å²) >= 11 is 0. The Kier molecular flexibility index (Phi) is 5.50. The number of hydrogen-bond donors (Lipinski definition) is 1. The third kappa shape index (κ3) is 4.33. The molecule has 0 heterocycles. The van der Waals surface area contributed by atoms with Gasteiger partial charge in [-0.2, -0.15) is 0 Å². The first-order valence-corrected chi connectivity index (χ1v) is 5.98. The fraction of sp³-hybridized carbons (Fsp3) is 0.571. The van der Waals surface area contributed by atoms with E-state index in [-0.39, 0.29) is 0 Å². The second-order valence-electron chi connectivity index (χ2n) is 4.51. The molecule has 1 N–H and O–H groups in total. The number of aliphatic hydroxyl groups excluding tert-OH is 1. The summed E-state index contributed by atoms with van der Waals surface area (Å²) in [6.45, 7) is 7.36. The number of aliphatic hydroxyl groups is 1. The zero-order valence-corrected chi connectivity index (χ0v) is 10.4. The average Bonchev–Trinajstić information content (AvgIpc) is 2.26. The second-order valence-corrected chi connectivity index (χ2v) is 4.51. The van der Waals surface area contributed by atoms with Crippen LogP contribution < -0.4 is 0 Å². The molecular weight excluding hydrogens is 200 g/mol. The first kappa shape index (κ1) is 13.2. The lowest BCUT2D eigenvalue weighted by molar-refractivity contribution is 0.0420. The lowest BCUT2D eigenvalue weighted by atomic mass is 10.0. The number of benzene rings is 1. The van der Waals surface area contributed by atoms with E-state index in [0.717, 1.165) is 12.0 Å². The van der Waals surface area contributed by atoms with Crippen molar-refractivity contribution in [2.75, 3.05) is 13.2 Å². The summed E-state index contributed by atoms with van der Waals surface area (Å²) in [7, 11) is 0. The average molecular weight is 222 g/mol. The largest absolute Gasteiger partial charge is 0.386 e. The van der Waals surface area contributed by atoms with Crippen LogP contribution in [0.5, 0.6) is 0 Å². The Balaban J connectivity index is 2.56. The zero-order valence-electron chi connectivity index (χ0n) is 10.4. The fourth-order valence-electron chi connectivity index (χ4n) is 1.67. The Hall–Kier alpha value is -0.860. The lowest BCUT2D eigenvalue weighted by Crippen LogP contribution is -2.07. The highest BCUT2D eigenvalue weighted by Crippen LogP contribution is 2.16. The van der Waals surface area contributed by atoms with Gasteiger partial charge in [-0.1, -0.05) is 38.1 Å². The first-order valence-electron chi connectivity index (χ1n) is 5.98. The van der Waals surface area contributed by atoms with E-state index in [9.17, 15) is 5.11 Å². The van der Waals surface area contributed by atoms with E-state index >= 15 is 0 Å². The van der Waals surface area contributed by atoms with Crippen LogP contribution in [-0.4, -0.2) is 18.3 Å². The summed E-state index contributed by atoms with van der Waals surface area (Å²) in [4.78, 5) is 0. The van der Waals surface area contributed by atoms with Crippen molar-refractivity contribution in [3.63, 3.8) is 0 Å². The summed E-state index contributed by atoms with van der Waals surface area (Å²) in [5.74, 6) is 0.666. The highest BCUT2D eigenvalue weighted by molar-refractivity contribution is 5.24. The smallest absolute Gasteiger partial charge is 0.102 e. The van der Waals surface area contributed by atoms with Crippen LogP contribution in [0.4, 0.5) is 0 Å². The van der Waals surface area contributed by atoms with Crippen molar-refractivity contribution in [1.29, 1.82) is 0 Å². The van der Waals surface area contributed by atoms with E-state index in [2.05, 4.69) is 26.0 Å². The first-order chi connectivity index (χ1) is 7.63. The third-order valence-corrected chi connectivity index (χ3v) is 2.49. The fourth-order valence-corrected chi connectivity index (χ4v) is 1.67. The van der Waals surface area contributed by atoms with Gasteiger partial charge in [0.15, 0.2) is 0 Å². The molecule has 0 bridgehead atoms. The van der Waals surface area contributed by atoms with Crippen molar-refractivity contribution in [1.82, 2.24) is 0 Å². The van der Waals surface area contributed by atoms with Crippen molar-refractivity contribution in [3.8, 4) is 0 Å². The second kappa shape index (κ2) is 6.66. The quantitative estimate of drug-likeness (QED) is 0.802. The van der Waals surface area contributed by atoms with Crippen LogP contribution in [0.25, 0.3) is 0 Å². The van der Waals surface area contributed by atoms with Crippen LogP contribution in [0.3, 0.4) is 0 Å². The van der Waals surface area contributed by atoms with Gasteiger partial charge in [-0.25, -0.2) is 0 Å². The van der Waals surface area contributed by atoms with E-state index in [1.54, 1.807) is 0 Å². The van der Waals surface area contributed by atoms with E-state index in [1.807, 2.05) is 19.1 Å². The van der Waals surface area contributed by atoms with Crippen molar-refractivity contribution in [3.05, 3.63) is 35.4 Å². The van der Waals surface area contributed by atoms with Crippen molar-refractivity contribution in [2.45, 2.75) is 33.3 Å². The van der Waals surface area contributed by atoms with Gasteiger partial charge in [0.1, 0.15) is 6.10 Å². The number of ether oxygens (including phenoxy) is 1. The Morgan fingerprint density at radius 1 is 1.19 bits per heavy atom. The molecule has 0 aliphatic heterocycles. The van der Waals surface area contributed by atoms with Crippen molar-refractivity contribution in [2.24, 2.45) is 5.92 Å². The van der Waals surface area contributed by atoms with Crippen LogP contribution in [0, 0.1) is 5.92 Å². The van der Waals surface area contributed by atoms with Gasteiger partial charge in [0.25, 0.3) is 0 Å². The Bertz CT molecular complexity index is 290. The molecule has 1 unspecified atom stereocenters. The molecule has 0 aliphatic rings. The minimum atomic E-state index is -0.506. The van der Waals surface area contributed by atoms with Gasteiger partial charge >= 0.3 is 0 Å². The van der Waals surface area contributed by atoms with Crippen LogP contribution in [-0.2, 0) is 11.2 Å². The highest BCUT2D eigenvalue weighted by atomic mass is 16.5. The molecule has 0 radical (unpaired) electrons. The van der Waals surface area contributed by atoms with E-state index in [1.165, 1.54) is 5.56 Å². The Morgan fingerprint density at radius 3 is 2.31 bits per heavy atom. The van der Waals surface area contributed by atoms with E-state index in [4.69, 9.17) is 4.74 Å². The molecular formula is C14H22O2. The Morgan fingerprint density at radius 2 is 1.81 bits per heavy atom. The van der Waals surface area contributed by atoms with Crippen molar-refractivity contribution < 1.29 is 9.84 Å². The molecule has 0 spiro atoms. The predicted molar refractivity (Wildman–Crippen MR) is 66.4 cm³/mol. The van der Waals surface area contributed by atoms with Gasteiger partial charge in [0.05, 0.1) is 6.61 Å². The topological polar surface area (TPSA) is 29.5 Å². The summed E-state index contributed by atoms with van der Waals surface area (Å²) in [5.41, 5.74) is 2.25. The summed E-state index contributed by atoms with van der Waals surface area (Å²) in [5, 5.41) is 9.80. The number of rotatable bonds is 6. The lowest BCUT2D eigenvalue weighted by Gasteiger charge is -2.12. The molecule has 0 aromatic heterocycles. The van der Waals surface area contributed by atoms with Gasteiger partial charge < -0.3 is 9.84 Å². The normalized spacial score (nSPS) is 13.1. The maximum absolute atomic E-state index is 9.80. The maximum Gasteiger partial charge on any atom is 0.102 e. The monoisotopic (exact) mass is 222 g/mol. The molecule has 0 amide bonds. The van der Waals surface area contributed by atoms with Crippen molar-refractivity contribution >= 4 is 0 Å². The summed E-state index contributed by atoms with van der Waals surface area (Å²) in [6.07, 6.45) is 0.579. The molecule has 0 fully saturated rings. The van der Waals surface area contributed by atoms with Gasteiger partial charge in [-0.15, -0.1) is 0 Å². The molecule has 1 rings (SSSR count). The summed E-state index contributed by atoms with van der Waals surface area (Å²) in [6, 6.07) is 8.15. The maximum atomic E-state index is 9.80. The minimum Gasteiger partial charge on any atom is -0.386 e. The molecule has 1 aromatic carbocycles. The molecule has 1 atom stereocenters.